The Bertz CT molecular complexity index is 426. The van der Waals surface area contributed by atoms with E-state index in [4.69, 9.17) is 26.8 Å². The summed E-state index contributed by atoms with van der Waals surface area (Å²) >= 11 is 5.85. The number of nitrogens with one attached hydrogen (secondary N) is 1. The van der Waals surface area contributed by atoms with Gasteiger partial charge in [-0.15, -0.1) is 0 Å². The topological polar surface area (TPSA) is 73.6 Å². The molecule has 0 heterocycles. The van der Waals surface area contributed by atoms with Gasteiger partial charge in [-0.05, 0) is 31.5 Å². The number of rotatable bonds is 7. The Morgan fingerprint density at radius 2 is 2.21 bits per heavy atom. The van der Waals surface area contributed by atoms with Crippen molar-refractivity contribution in [1.82, 2.24) is 0 Å². The lowest BCUT2D eigenvalue weighted by Gasteiger charge is -2.14. The summed E-state index contributed by atoms with van der Waals surface area (Å²) in [6, 6.07) is 4.91. The Morgan fingerprint density at radius 1 is 1.47 bits per heavy atom. The Morgan fingerprint density at radius 3 is 2.89 bits per heavy atom. The molecule has 19 heavy (non-hydrogen) atoms. The minimum atomic E-state index is -0.560. The van der Waals surface area contributed by atoms with E-state index in [9.17, 15) is 4.79 Å². The fourth-order valence-electron chi connectivity index (χ4n) is 1.41. The summed E-state index contributed by atoms with van der Waals surface area (Å²) in [4.78, 5) is 11.9. The number of halogens is 1. The molecular formula is C13H19ClN2O3. The lowest BCUT2D eigenvalue weighted by Crippen LogP contribution is -2.28. The van der Waals surface area contributed by atoms with Gasteiger partial charge in [0.25, 0.3) is 5.91 Å². The second-order valence-corrected chi connectivity index (χ2v) is 4.52. The Labute approximate surface area is 118 Å². The molecule has 0 aliphatic rings. The molecule has 0 aliphatic heterocycles. The molecule has 0 aliphatic carbocycles. The van der Waals surface area contributed by atoms with Crippen LogP contribution in [0.1, 0.15) is 13.3 Å². The van der Waals surface area contributed by atoms with Crippen molar-refractivity contribution in [1.29, 1.82) is 0 Å². The third-order valence-corrected chi connectivity index (χ3v) is 2.74. The van der Waals surface area contributed by atoms with Gasteiger partial charge in [-0.1, -0.05) is 11.6 Å². The van der Waals surface area contributed by atoms with Crippen molar-refractivity contribution in [2.24, 2.45) is 0 Å². The van der Waals surface area contributed by atoms with E-state index in [1.807, 2.05) is 0 Å². The number of methoxy groups -OCH3 is 1. The maximum absolute atomic E-state index is 11.9. The first-order valence-electron chi connectivity index (χ1n) is 6.01. The van der Waals surface area contributed by atoms with Crippen LogP contribution >= 0.6 is 11.6 Å². The van der Waals surface area contributed by atoms with Gasteiger partial charge < -0.3 is 20.5 Å². The quantitative estimate of drug-likeness (QED) is 0.596. The van der Waals surface area contributed by atoms with E-state index in [-0.39, 0.29) is 5.91 Å². The molecule has 0 saturated carbocycles. The van der Waals surface area contributed by atoms with Crippen LogP contribution in [0.3, 0.4) is 0 Å². The second kappa shape index (κ2) is 7.99. The number of carbonyl (C=O) groups is 1. The summed E-state index contributed by atoms with van der Waals surface area (Å²) in [6.45, 7) is 2.76. The summed E-state index contributed by atoms with van der Waals surface area (Å²) in [5.41, 5.74) is 6.70. The van der Waals surface area contributed by atoms with E-state index in [1.54, 1.807) is 32.2 Å². The molecular weight excluding hydrogens is 268 g/mol. The lowest BCUT2D eigenvalue weighted by atomic mass is 10.2. The monoisotopic (exact) mass is 286 g/mol. The third-order valence-electron chi connectivity index (χ3n) is 2.50. The molecule has 1 rings (SSSR count). The van der Waals surface area contributed by atoms with Crippen LogP contribution in [0.5, 0.6) is 0 Å². The number of amides is 1. The fraction of sp³-hybridized carbons (Fsp3) is 0.462. The fourth-order valence-corrected chi connectivity index (χ4v) is 1.58. The number of nitrogen functional groups attached to an aromatic ring is 1. The average molecular weight is 287 g/mol. The van der Waals surface area contributed by atoms with Crippen LogP contribution in [0.15, 0.2) is 18.2 Å². The highest BCUT2D eigenvalue weighted by atomic mass is 35.5. The maximum Gasteiger partial charge on any atom is 0.253 e. The summed E-state index contributed by atoms with van der Waals surface area (Å²) in [5, 5.41) is 3.20. The molecule has 1 amide bonds. The number of hydrogen-bond acceptors (Lipinski definition) is 4. The Kier molecular flexibility index (Phi) is 6.62. The van der Waals surface area contributed by atoms with E-state index in [0.29, 0.717) is 29.6 Å². The van der Waals surface area contributed by atoms with Gasteiger partial charge in [0, 0.05) is 25.3 Å². The number of benzene rings is 1. The first-order chi connectivity index (χ1) is 9.04. The highest BCUT2D eigenvalue weighted by molar-refractivity contribution is 6.31. The van der Waals surface area contributed by atoms with Crippen molar-refractivity contribution in [3.63, 3.8) is 0 Å². The van der Waals surface area contributed by atoms with Crippen molar-refractivity contribution in [2.45, 2.75) is 19.4 Å². The zero-order chi connectivity index (χ0) is 14.3. The van der Waals surface area contributed by atoms with E-state index >= 15 is 0 Å². The van der Waals surface area contributed by atoms with Gasteiger partial charge in [-0.2, -0.15) is 0 Å². The third kappa shape index (κ3) is 5.46. The summed E-state index contributed by atoms with van der Waals surface area (Å²) in [6.07, 6.45) is 0.184. The predicted molar refractivity (Wildman–Crippen MR) is 76.4 cm³/mol. The zero-order valence-corrected chi connectivity index (χ0v) is 11.9. The highest BCUT2D eigenvalue weighted by Gasteiger charge is 2.14. The average Bonchev–Trinajstić information content (AvgIpc) is 2.38. The summed E-state index contributed by atoms with van der Waals surface area (Å²) in [7, 11) is 1.62. The summed E-state index contributed by atoms with van der Waals surface area (Å²) in [5.74, 6) is -0.258. The molecule has 0 aromatic heterocycles. The van der Waals surface area contributed by atoms with E-state index in [0.717, 1.165) is 6.42 Å². The molecule has 5 nitrogen and oxygen atoms in total. The number of hydrogen-bond donors (Lipinski definition) is 2. The number of anilines is 2. The van der Waals surface area contributed by atoms with Crippen LogP contribution in [-0.4, -0.2) is 32.3 Å². The van der Waals surface area contributed by atoms with Crippen LogP contribution in [0.4, 0.5) is 11.4 Å². The van der Waals surface area contributed by atoms with Crippen molar-refractivity contribution in [2.75, 3.05) is 31.4 Å². The van der Waals surface area contributed by atoms with Crippen LogP contribution in [0.25, 0.3) is 0 Å². The van der Waals surface area contributed by atoms with Crippen LogP contribution in [-0.2, 0) is 14.3 Å². The molecule has 0 saturated heterocycles. The minimum Gasteiger partial charge on any atom is -0.397 e. The van der Waals surface area contributed by atoms with Crippen molar-refractivity contribution in [3.05, 3.63) is 23.2 Å². The standard InChI is InChI=1S/C13H19ClN2O3/c1-9(19-7-3-6-18-2)13(17)16-12-8-10(14)4-5-11(12)15/h4-5,8-9H,3,6-7,15H2,1-2H3,(H,16,17). The molecule has 1 unspecified atom stereocenters. The Balaban J connectivity index is 2.47. The first kappa shape index (κ1) is 15.8. The smallest absolute Gasteiger partial charge is 0.253 e. The van der Waals surface area contributed by atoms with E-state index < -0.39 is 6.10 Å². The molecule has 3 N–H and O–H groups in total. The molecule has 106 valence electrons. The van der Waals surface area contributed by atoms with Gasteiger partial charge in [-0.3, -0.25) is 4.79 Å². The zero-order valence-electron chi connectivity index (χ0n) is 11.1. The molecule has 0 spiro atoms. The SMILES string of the molecule is COCCCOC(C)C(=O)Nc1cc(Cl)ccc1N. The highest BCUT2D eigenvalue weighted by Crippen LogP contribution is 2.23. The normalized spacial score (nSPS) is 12.2. The molecule has 1 atom stereocenters. The van der Waals surface area contributed by atoms with Crippen molar-refractivity contribution >= 4 is 28.9 Å². The van der Waals surface area contributed by atoms with E-state index in [2.05, 4.69) is 5.32 Å². The van der Waals surface area contributed by atoms with Crippen LogP contribution < -0.4 is 11.1 Å². The largest absolute Gasteiger partial charge is 0.397 e. The van der Waals surface area contributed by atoms with Crippen molar-refractivity contribution in [3.8, 4) is 0 Å². The molecule has 6 heteroatoms. The van der Waals surface area contributed by atoms with Gasteiger partial charge in [0.15, 0.2) is 0 Å². The van der Waals surface area contributed by atoms with Gasteiger partial charge >= 0.3 is 0 Å². The second-order valence-electron chi connectivity index (χ2n) is 4.08. The van der Waals surface area contributed by atoms with Crippen molar-refractivity contribution < 1.29 is 14.3 Å². The van der Waals surface area contributed by atoms with Crippen LogP contribution in [0, 0.1) is 0 Å². The maximum atomic E-state index is 11.9. The molecule has 0 fully saturated rings. The molecule has 0 radical (unpaired) electrons. The van der Waals surface area contributed by atoms with Gasteiger partial charge in [0.05, 0.1) is 11.4 Å². The lowest BCUT2D eigenvalue weighted by molar-refractivity contribution is -0.126. The molecule has 1 aromatic rings. The predicted octanol–water partition coefficient (Wildman–Crippen LogP) is 2.30. The number of ether oxygens (including phenoxy) is 2. The Hall–Kier alpha value is -1.30. The molecule has 1 aromatic carbocycles. The summed E-state index contributed by atoms with van der Waals surface area (Å²) < 4.78 is 10.3. The van der Waals surface area contributed by atoms with Gasteiger partial charge in [0.1, 0.15) is 6.10 Å². The molecule has 0 bridgehead atoms. The number of nitrogens with two attached hydrogens (primary N) is 1. The van der Waals surface area contributed by atoms with Crippen LogP contribution in [0.2, 0.25) is 5.02 Å². The van der Waals surface area contributed by atoms with Gasteiger partial charge in [0.2, 0.25) is 0 Å². The number of carbonyl (C=O) groups excluding carboxylic acids is 1. The first-order valence-corrected chi connectivity index (χ1v) is 6.39. The van der Waals surface area contributed by atoms with E-state index in [1.165, 1.54) is 0 Å². The minimum absolute atomic E-state index is 0.258. The van der Waals surface area contributed by atoms with Gasteiger partial charge in [-0.25, -0.2) is 0 Å².